The molecule has 1 heterocycles. The van der Waals surface area contributed by atoms with E-state index in [1.165, 1.54) is 38.9 Å². The minimum absolute atomic E-state index is 0.765. The fourth-order valence-electron chi connectivity index (χ4n) is 3.12. The minimum atomic E-state index is 0.765. The molecule has 3 N–H and O–H groups in total. The molecule has 0 radical (unpaired) electrons. The van der Waals surface area contributed by atoms with Crippen LogP contribution >= 0.6 is 0 Å². The summed E-state index contributed by atoms with van der Waals surface area (Å²) in [5.41, 5.74) is 13.6. The van der Waals surface area contributed by atoms with E-state index in [0.717, 1.165) is 25.8 Å². The van der Waals surface area contributed by atoms with E-state index in [1.54, 1.807) is 0 Å². The highest BCUT2D eigenvalue weighted by Gasteiger charge is 2.14. The molecule has 0 aliphatic rings. The second-order valence-corrected chi connectivity index (χ2v) is 6.02. The lowest BCUT2D eigenvalue weighted by molar-refractivity contribution is 0.748. The van der Waals surface area contributed by atoms with Gasteiger partial charge in [0.1, 0.15) is 0 Å². The lowest BCUT2D eigenvalue weighted by Crippen LogP contribution is -1.99. The maximum absolute atomic E-state index is 5.67. The van der Waals surface area contributed by atoms with Crippen LogP contribution in [0.1, 0.15) is 29.5 Å². The molecule has 0 amide bonds. The first-order chi connectivity index (χ1) is 10.7. The number of hydrogen-bond donors (Lipinski definition) is 2. The van der Waals surface area contributed by atoms with Crippen LogP contribution in [0.25, 0.3) is 22.2 Å². The summed E-state index contributed by atoms with van der Waals surface area (Å²) in [7, 11) is 0. The van der Waals surface area contributed by atoms with E-state index >= 15 is 0 Å². The second-order valence-electron chi connectivity index (χ2n) is 6.02. The highest BCUT2D eigenvalue weighted by Crippen LogP contribution is 2.33. The van der Waals surface area contributed by atoms with Gasteiger partial charge in [0.2, 0.25) is 0 Å². The largest absolute Gasteiger partial charge is 0.354 e. The Kier molecular flexibility index (Phi) is 4.30. The summed E-state index contributed by atoms with van der Waals surface area (Å²) in [5, 5.41) is 1.36. The van der Waals surface area contributed by atoms with Crippen LogP contribution in [0.4, 0.5) is 0 Å². The smallest absolute Gasteiger partial charge is 0.0497 e. The van der Waals surface area contributed by atoms with Crippen molar-refractivity contribution in [1.29, 1.82) is 0 Å². The van der Waals surface area contributed by atoms with Gasteiger partial charge in [0, 0.05) is 16.6 Å². The molecule has 0 aliphatic heterocycles. The lowest BCUT2D eigenvalue weighted by atomic mass is 9.98. The number of unbranched alkanes of at least 4 members (excludes halogenated alkanes) is 1. The predicted octanol–water partition coefficient (Wildman–Crippen LogP) is 4.73. The van der Waals surface area contributed by atoms with E-state index in [0.29, 0.717) is 0 Å². The molecule has 22 heavy (non-hydrogen) atoms. The third-order valence-electron chi connectivity index (χ3n) is 4.56. The van der Waals surface area contributed by atoms with Gasteiger partial charge < -0.3 is 10.7 Å². The standard InChI is InChI=1S/C20H24N2/c1-14-11-12-18-17(10-6-7-13-21)20(22-19(18)15(14)2)16-8-4-3-5-9-16/h3-5,8-9,11-12,22H,6-7,10,13,21H2,1-2H3. The number of nitrogens with two attached hydrogens (primary N) is 1. The molecule has 0 atom stereocenters. The number of aromatic nitrogens is 1. The molecule has 0 spiro atoms. The van der Waals surface area contributed by atoms with Crippen LogP contribution < -0.4 is 5.73 Å². The van der Waals surface area contributed by atoms with Gasteiger partial charge in [0.25, 0.3) is 0 Å². The Balaban J connectivity index is 2.16. The molecule has 0 bridgehead atoms. The van der Waals surface area contributed by atoms with Crippen LogP contribution in [0.15, 0.2) is 42.5 Å². The van der Waals surface area contributed by atoms with E-state index in [1.807, 2.05) is 0 Å². The van der Waals surface area contributed by atoms with Crippen molar-refractivity contribution in [2.75, 3.05) is 6.54 Å². The van der Waals surface area contributed by atoms with Gasteiger partial charge in [-0.2, -0.15) is 0 Å². The maximum atomic E-state index is 5.67. The van der Waals surface area contributed by atoms with Crippen LogP contribution in [-0.2, 0) is 6.42 Å². The van der Waals surface area contributed by atoms with Gasteiger partial charge in [-0.1, -0.05) is 42.5 Å². The molecule has 2 heteroatoms. The van der Waals surface area contributed by atoms with Crippen molar-refractivity contribution in [3.63, 3.8) is 0 Å². The van der Waals surface area contributed by atoms with Crippen LogP contribution in [0.2, 0.25) is 0 Å². The van der Waals surface area contributed by atoms with Crippen molar-refractivity contribution >= 4 is 10.9 Å². The Morgan fingerprint density at radius 1 is 0.955 bits per heavy atom. The second kappa shape index (κ2) is 6.37. The molecule has 0 saturated carbocycles. The normalized spacial score (nSPS) is 11.2. The molecule has 0 fully saturated rings. The van der Waals surface area contributed by atoms with Gasteiger partial charge in [0.15, 0.2) is 0 Å². The van der Waals surface area contributed by atoms with E-state index in [2.05, 4.69) is 61.3 Å². The molecule has 3 aromatic rings. The zero-order valence-corrected chi connectivity index (χ0v) is 13.4. The number of rotatable bonds is 5. The SMILES string of the molecule is Cc1ccc2c(CCCCN)c(-c3ccccc3)[nH]c2c1C. The maximum Gasteiger partial charge on any atom is 0.0497 e. The number of H-pyrrole nitrogens is 1. The van der Waals surface area contributed by atoms with Crippen LogP contribution in [0, 0.1) is 13.8 Å². The van der Waals surface area contributed by atoms with E-state index < -0.39 is 0 Å². The topological polar surface area (TPSA) is 41.8 Å². The number of nitrogens with one attached hydrogen (secondary N) is 1. The number of aromatic amines is 1. The van der Waals surface area contributed by atoms with Crippen molar-refractivity contribution in [3.05, 3.63) is 59.2 Å². The summed E-state index contributed by atoms with van der Waals surface area (Å²) in [5.74, 6) is 0. The molecule has 0 aliphatic carbocycles. The Labute approximate surface area is 132 Å². The molecule has 114 valence electrons. The Morgan fingerprint density at radius 3 is 2.45 bits per heavy atom. The predicted molar refractivity (Wildman–Crippen MR) is 95.2 cm³/mol. The highest BCUT2D eigenvalue weighted by atomic mass is 14.7. The first kappa shape index (κ1) is 14.9. The number of hydrogen-bond acceptors (Lipinski definition) is 1. The molecular formula is C20H24N2. The van der Waals surface area contributed by atoms with Crippen LogP contribution in [-0.4, -0.2) is 11.5 Å². The Hall–Kier alpha value is -2.06. The first-order valence-electron chi connectivity index (χ1n) is 8.08. The van der Waals surface area contributed by atoms with Crippen molar-refractivity contribution in [1.82, 2.24) is 4.98 Å². The fraction of sp³-hybridized carbons (Fsp3) is 0.300. The molecule has 0 saturated heterocycles. The molecule has 0 unspecified atom stereocenters. The zero-order valence-electron chi connectivity index (χ0n) is 13.4. The van der Waals surface area contributed by atoms with E-state index in [9.17, 15) is 0 Å². The van der Waals surface area contributed by atoms with E-state index in [4.69, 9.17) is 5.73 Å². The summed E-state index contributed by atoms with van der Waals surface area (Å²) in [4.78, 5) is 3.69. The van der Waals surface area contributed by atoms with Gasteiger partial charge in [0.05, 0.1) is 0 Å². The summed E-state index contributed by atoms with van der Waals surface area (Å²) >= 11 is 0. The van der Waals surface area contributed by atoms with Crippen molar-refractivity contribution in [3.8, 4) is 11.3 Å². The first-order valence-corrected chi connectivity index (χ1v) is 8.08. The fourth-order valence-corrected chi connectivity index (χ4v) is 3.12. The lowest BCUT2D eigenvalue weighted by Gasteiger charge is -2.05. The van der Waals surface area contributed by atoms with Gasteiger partial charge in [-0.05, 0) is 61.9 Å². The average molecular weight is 292 g/mol. The number of fused-ring (bicyclic) bond motifs is 1. The Morgan fingerprint density at radius 2 is 1.73 bits per heavy atom. The highest BCUT2D eigenvalue weighted by molar-refractivity contribution is 5.93. The van der Waals surface area contributed by atoms with Gasteiger partial charge >= 0.3 is 0 Å². The molecular weight excluding hydrogens is 268 g/mol. The van der Waals surface area contributed by atoms with Gasteiger partial charge in [-0.25, -0.2) is 0 Å². The van der Waals surface area contributed by atoms with Gasteiger partial charge in [-0.3, -0.25) is 0 Å². The average Bonchev–Trinajstić information content (AvgIpc) is 2.92. The van der Waals surface area contributed by atoms with Crippen LogP contribution in [0.3, 0.4) is 0 Å². The quantitative estimate of drug-likeness (QED) is 0.656. The summed E-state index contributed by atoms with van der Waals surface area (Å²) < 4.78 is 0. The molecule has 2 aromatic carbocycles. The third-order valence-corrected chi connectivity index (χ3v) is 4.56. The van der Waals surface area contributed by atoms with Crippen molar-refractivity contribution in [2.24, 2.45) is 5.73 Å². The van der Waals surface area contributed by atoms with Gasteiger partial charge in [-0.15, -0.1) is 0 Å². The van der Waals surface area contributed by atoms with E-state index in [-0.39, 0.29) is 0 Å². The Bertz CT molecular complexity index is 769. The molecule has 1 aromatic heterocycles. The molecule has 2 nitrogen and oxygen atoms in total. The minimum Gasteiger partial charge on any atom is -0.354 e. The summed E-state index contributed by atoms with van der Waals surface area (Å²) in [6, 6.07) is 15.1. The monoisotopic (exact) mass is 292 g/mol. The third kappa shape index (κ3) is 2.67. The summed E-state index contributed by atoms with van der Waals surface area (Å²) in [6.07, 6.45) is 3.28. The number of benzene rings is 2. The molecule has 3 rings (SSSR count). The van der Waals surface area contributed by atoms with Crippen LogP contribution in [0.5, 0.6) is 0 Å². The zero-order chi connectivity index (χ0) is 15.5. The summed E-state index contributed by atoms with van der Waals surface area (Å²) in [6.45, 7) is 5.14. The van der Waals surface area contributed by atoms with Crippen molar-refractivity contribution in [2.45, 2.75) is 33.1 Å². The van der Waals surface area contributed by atoms with Crippen molar-refractivity contribution < 1.29 is 0 Å². The number of aryl methyl sites for hydroxylation is 3.